The third kappa shape index (κ3) is 14.1. The Balaban J connectivity index is 0.00000444. The van der Waals surface area contributed by atoms with Crippen LogP contribution < -0.4 is 50.3 Å². The Morgan fingerprint density at radius 1 is 0.826 bits per heavy atom. The maximum Gasteiger partial charge on any atom is 0.268 e. The summed E-state index contributed by atoms with van der Waals surface area (Å²) in [6, 6.07) is -1.07. The maximum atomic E-state index is 14.3. The first-order chi connectivity index (χ1) is 42.4. The van der Waals surface area contributed by atoms with Gasteiger partial charge in [0.1, 0.15) is 36.5 Å². The fourth-order valence-corrected chi connectivity index (χ4v) is 16.1. The number of hydrogen-bond acceptors (Lipinski definition) is 22. The number of aliphatic hydroxyl groups excluding tert-OH is 2. The van der Waals surface area contributed by atoms with Crippen LogP contribution in [-0.2, 0) is 68.7 Å². The third-order valence-corrected chi connectivity index (χ3v) is 20.8. The zero-order valence-electron chi connectivity index (χ0n) is 52.8. The van der Waals surface area contributed by atoms with Crippen molar-refractivity contribution in [2.24, 2.45) is 94.7 Å². The molecule has 1 radical (unpaired) electrons. The van der Waals surface area contributed by atoms with Gasteiger partial charge in [-0.2, -0.15) is 5.70 Å². The number of aromatic nitrogens is 4. The van der Waals surface area contributed by atoms with Gasteiger partial charge in [0.15, 0.2) is 17.7 Å². The molecule has 1 unspecified atom stereocenters. The molecule has 33 heteroatoms. The normalized spacial score (nSPS) is 33.3. The first-order valence-electron chi connectivity index (χ1n) is 29.8. The number of carbonyl (C=O) groups excluding carboxylic acids is 7. The molecule has 0 saturated carbocycles. The average molecular weight is 1340 g/mol. The van der Waals surface area contributed by atoms with E-state index in [9.17, 15) is 53.2 Å². The topological polar surface area (TPSA) is 541 Å². The molecule has 17 N–H and O–H groups in total. The van der Waals surface area contributed by atoms with Crippen LogP contribution in [0.3, 0.4) is 0 Å². The molecular formula is C59H83CoN17O14P-3. The number of aliphatic hydroxyl groups is 2. The largest absolute Gasteiger partial charge is 0.756 e. The van der Waals surface area contributed by atoms with Gasteiger partial charge in [0.25, 0.3) is 7.82 Å². The molecule has 6 aliphatic heterocycles. The Labute approximate surface area is 542 Å². The van der Waals surface area contributed by atoms with Crippen LogP contribution in [0.5, 0.6) is 0 Å². The van der Waals surface area contributed by atoms with Crippen LogP contribution in [-0.4, -0.2) is 137 Å². The molecule has 0 spiro atoms. The van der Waals surface area contributed by atoms with Gasteiger partial charge in [-0.15, -0.1) is 0 Å². The summed E-state index contributed by atoms with van der Waals surface area (Å²) >= 11 is 0. The number of hydrogen-bond donors (Lipinski definition) is 10. The predicted molar refractivity (Wildman–Crippen MR) is 327 cm³/mol. The Hall–Kier alpha value is -7.34. The van der Waals surface area contributed by atoms with Crippen molar-refractivity contribution in [3.63, 3.8) is 0 Å². The molecule has 31 nitrogen and oxygen atoms in total. The molecule has 2 saturated heterocycles. The summed E-state index contributed by atoms with van der Waals surface area (Å²) in [5, 5.41) is 36.1. The summed E-state index contributed by atoms with van der Waals surface area (Å²) in [7, 11) is -5.36. The summed E-state index contributed by atoms with van der Waals surface area (Å²) in [5.41, 5.74) is 39.8. The molecule has 92 heavy (non-hydrogen) atoms. The Kier molecular flexibility index (Phi) is 22.5. The molecule has 2 aromatic rings. The summed E-state index contributed by atoms with van der Waals surface area (Å²) in [6.07, 6.45) is -4.35. The van der Waals surface area contributed by atoms with E-state index >= 15 is 0 Å². The number of fused-ring (bicyclic) bond motifs is 7. The van der Waals surface area contributed by atoms with Gasteiger partial charge in [-0.05, 0) is 81.9 Å². The van der Waals surface area contributed by atoms with Gasteiger partial charge in [-0.25, -0.2) is 15.0 Å². The average Bonchev–Trinajstić information content (AvgIpc) is 1.53. The fourth-order valence-electron chi connectivity index (χ4n) is 14.9. The number of imidazole rings is 1. The van der Waals surface area contributed by atoms with E-state index in [0.717, 1.165) is 0 Å². The molecule has 15 atom stereocenters. The molecule has 6 aliphatic rings. The van der Waals surface area contributed by atoms with Crippen molar-refractivity contribution >= 4 is 83.3 Å². The minimum atomic E-state index is -5.36. The van der Waals surface area contributed by atoms with E-state index < -0.39 is 143 Å². The Morgan fingerprint density at radius 3 is 2.00 bits per heavy atom. The number of anilines is 1. The van der Waals surface area contributed by atoms with Crippen LogP contribution in [0, 0.1) is 57.2 Å². The molecule has 0 aromatic carbocycles. The van der Waals surface area contributed by atoms with Crippen LogP contribution in [0.15, 0.2) is 61.9 Å². The van der Waals surface area contributed by atoms with E-state index in [1.165, 1.54) is 24.1 Å². The smallest absolute Gasteiger partial charge is 0.268 e. The van der Waals surface area contributed by atoms with Crippen LogP contribution in [0.1, 0.15) is 139 Å². The number of ether oxygens (including phenoxy) is 1. The number of nitrogens with one attached hydrogen (secondary N) is 1. The Bertz CT molecular complexity index is 3550. The van der Waals surface area contributed by atoms with Crippen LogP contribution in [0.4, 0.5) is 5.82 Å². The van der Waals surface area contributed by atoms with E-state index in [-0.39, 0.29) is 111 Å². The number of phosphoric acid groups is 1. The van der Waals surface area contributed by atoms with Crippen LogP contribution in [0.25, 0.3) is 16.5 Å². The zero-order chi connectivity index (χ0) is 67.8. The quantitative estimate of drug-likeness (QED) is 0.0467. The minimum absolute atomic E-state index is 0. The molecular weight excluding hydrogens is 1260 g/mol. The molecule has 0 aliphatic carbocycles. The van der Waals surface area contributed by atoms with Gasteiger partial charge < -0.3 is 91.5 Å². The monoisotopic (exact) mass is 1340 g/mol. The Morgan fingerprint density at radius 2 is 1.42 bits per heavy atom. The number of amides is 7. The van der Waals surface area contributed by atoms with E-state index in [1.54, 1.807) is 20.8 Å². The van der Waals surface area contributed by atoms with Gasteiger partial charge in [0.05, 0.1) is 23.9 Å². The zero-order valence-corrected chi connectivity index (χ0v) is 54.8. The van der Waals surface area contributed by atoms with Crippen molar-refractivity contribution in [1.82, 2.24) is 24.8 Å². The standard InChI is InChI=1S/C58H85N16O14P.CN.Co/c1-26(87-89(84,85)88-47-34(23-75)86-53(46(47)83)74-25-69-52-45(74)51(65)67-24-68-52)22-66-42(82)16-17-55(6)32(18-39(62)79)50-58(9)57(8,21-41(64)81)31(12-15-38(61)78)44(73-58)28(3)49-56(7,20-40(63)80)29(10-13-36(59)76)33(70-49)19-35-54(4,5)30(11-14-37(60)77)43(71-35)27(2)48(55)72-50;1-2;/h19,24-26,29-32,34,46-47,50,53,75,83H,10-18,20-23H2,1-9H3,(H17,59,60,61,62,63,64,65,66,67,68,70,71,72,73,76,77,78,79,80,81,82,84,85);;/q;-1;/p-2/t26-,29-,30-,31-,32+,34-,46-,47-,50-,53+,55-,56+,57+,58+;;/m1../s1. The molecule has 8 rings (SSSR count). The maximum absolute atomic E-state index is 14.3. The van der Waals surface area contributed by atoms with Crippen molar-refractivity contribution in [3.05, 3.63) is 58.9 Å². The SMILES string of the molecule is C/C1=C2/[N-][C@H]([C@H](CC(N)=O)[C@@]2(C)CCC(=O)NC[C@@H](C)OP(=O)([O-])O[C@H]2[C@@H](O)[C@@H](n3cnc4ncnc(N)c43)O[C@@H]2CO)[C@]2(C)N=C(/C(C)=C3N=C(/C=C4N=C1[C@@H](CCC(N)=O)C\4(C)C)[C@@H](CCC(N)=O)[C@]\3(C)CC(N)=O)[C@@H](CCC(N)=O)[C@]2(C)CC(N)=O.[C-]#N.[Co]. The van der Waals surface area contributed by atoms with Gasteiger partial charge in [0, 0.05) is 125 Å². The van der Waals surface area contributed by atoms with Crippen molar-refractivity contribution in [3.8, 4) is 0 Å². The van der Waals surface area contributed by atoms with Gasteiger partial charge in [0.2, 0.25) is 41.4 Å². The second-order valence-corrected chi connectivity index (χ2v) is 27.3. The molecule has 2 aromatic heterocycles. The van der Waals surface area contributed by atoms with Crippen LogP contribution >= 0.6 is 7.82 Å². The van der Waals surface area contributed by atoms with E-state index in [2.05, 4.69) is 20.3 Å². The minimum Gasteiger partial charge on any atom is -0.756 e. The summed E-state index contributed by atoms with van der Waals surface area (Å²) < 4.78 is 31.3. The number of aliphatic imine (C=N–C) groups is 3. The number of carbonyl (C=O) groups is 7. The first kappa shape index (κ1) is 73.7. The predicted octanol–water partition coefficient (Wildman–Crippen LogP) is 1.16. The van der Waals surface area contributed by atoms with Gasteiger partial charge in [-0.1, -0.05) is 40.7 Å². The van der Waals surface area contributed by atoms with Gasteiger partial charge >= 0.3 is 0 Å². The van der Waals surface area contributed by atoms with Gasteiger partial charge in [-0.3, -0.25) is 57.7 Å². The molecule has 7 amide bonds. The first-order valence-corrected chi connectivity index (χ1v) is 31.3. The number of allylic oxidation sites excluding steroid dienone is 6. The van der Waals surface area contributed by atoms with Crippen LogP contribution in [0.2, 0.25) is 0 Å². The number of primary amides is 6. The number of nitrogens with two attached hydrogens (primary N) is 7. The van der Waals surface area contributed by atoms with E-state index in [0.29, 0.717) is 45.4 Å². The second kappa shape index (κ2) is 28.1. The number of nitrogen functional groups attached to an aromatic ring is 1. The molecule has 8 heterocycles. The van der Waals surface area contributed by atoms with E-state index in [4.69, 9.17) is 86.0 Å². The summed E-state index contributed by atoms with van der Waals surface area (Å²) in [5.74, 6) is -7.51. The second-order valence-electron chi connectivity index (χ2n) is 26.0. The van der Waals surface area contributed by atoms with Crippen molar-refractivity contribution in [1.29, 1.82) is 5.26 Å². The number of nitrogens with zero attached hydrogens (tertiary/aromatic N) is 9. The van der Waals surface area contributed by atoms with Crippen molar-refractivity contribution in [2.45, 2.75) is 175 Å². The summed E-state index contributed by atoms with van der Waals surface area (Å²) in [6.45, 7) is 19.7. The number of rotatable bonds is 26. The molecule has 2 fully saturated rings. The summed E-state index contributed by atoms with van der Waals surface area (Å²) in [4.78, 5) is 135. The van der Waals surface area contributed by atoms with E-state index in [1.807, 2.05) is 40.7 Å². The number of phosphoric ester groups is 1. The third-order valence-electron chi connectivity index (χ3n) is 19.7. The molecule has 8 bridgehead atoms. The molecule has 505 valence electrons. The van der Waals surface area contributed by atoms with Crippen molar-refractivity contribution in [2.75, 3.05) is 18.9 Å². The van der Waals surface area contributed by atoms with Crippen molar-refractivity contribution < 1.29 is 83.8 Å². The fraction of sp³-hybridized carbons (Fsp3) is 0.627.